The van der Waals surface area contributed by atoms with Crippen molar-refractivity contribution in [3.05, 3.63) is 52.7 Å². The molecule has 0 saturated carbocycles. The van der Waals surface area contributed by atoms with Gasteiger partial charge in [-0.2, -0.15) is 26.3 Å². The molecule has 2 aromatic rings. The van der Waals surface area contributed by atoms with Gasteiger partial charge in [0, 0.05) is 24.8 Å². The third-order valence-corrected chi connectivity index (χ3v) is 6.93. The summed E-state index contributed by atoms with van der Waals surface area (Å²) in [5, 5.41) is 0.148. The highest BCUT2D eigenvalue weighted by Gasteiger charge is 2.54. The number of pyridine rings is 1. The third kappa shape index (κ3) is 3.87. The van der Waals surface area contributed by atoms with E-state index in [-0.39, 0.29) is 9.33 Å². The van der Waals surface area contributed by atoms with Crippen molar-refractivity contribution in [3.8, 4) is 0 Å². The molecule has 1 aromatic carbocycles. The van der Waals surface area contributed by atoms with Gasteiger partial charge in [0.25, 0.3) is 0 Å². The number of hydrogen-bond acceptors (Lipinski definition) is 4. The second kappa shape index (κ2) is 7.68. The number of benzene rings is 1. The summed E-state index contributed by atoms with van der Waals surface area (Å²) in [5.74, 6) is -6.15. The number of alkyl halides is 5. The molecule has 1 aromatic heterocycles. The van der Waals surface area contributed by atoms with Gasteiger partial charge in [-0.15, -0.1) is 0 Å². The molecule has 0 bridgehead atoms. The Morgan fingerprint density at radius 2 is 1.81 bits per heavy atom. The Balaban J connectivity index is 2.14. The minimum Gasteiger partial charge on any atom is -0.294 e. The number of sulfonamides is 1. The van der Waals surface area contributed by atoms with Crippen LogP contribution in [0, 0.1) is 0 Å². The van der Waals surface area contributed by atoms with Gasteiger partial charge in [-0.05, 0) is 23.8 Å². The van der Waals surface area contributed by atoms with Gasteiger partial charge in [-0.1, -0.05) is 30.7 Å². The molecule has 0 aliphatic carbocycles. The Morgan fingerprint density at radius 3 is 2.32 bits per heavy atom. The van der Waals surface area contributed by atoms with Crippen molar-refractivity contribution in [2.75, 3.05) is 18.5 Å². The highest BCUT2D eigenvalue weighted by Crippen LogP contribution is 2.45. The Hall–Kier alpha value is -2.31. The van der Waals surface area contributed by atoms with Crippen molar-refractivity contribution in [3.63, 3.8) is 0 Å². The van der Waals surface area contributed by atoms with E-state index in [9.17, 15) is 35.2 Å². The molecule has 0 radical (unpaired) electrons. The normalized spacial score (nSPS) is 17.2. The number of rotatable bonds is 5. The fourth-order valence-corrected chi connectivity index (χ4v) is 5.00. The molecule has 6 nitrogen and oxygen atoms in total. The van der Waals surface area contributed by atoms with Crippen molar-refractivity contribution in [1.82, 2.24) is 9.29 Å². The summed E-state index contributed by atoms with van der Waals surface area (Å²) in [6.45, 7) is 0.556. The first-order valence-corrected chi connectivity index (χ1v) is 10.5. The summed E-state index contributed by atoms with van der Waals surface area (Å²) in [6, 6.07) is 2.29. The van der Waals surface area contributed by atoms with Crippen LogP contribution in [0.1, 0.15) is 24.1 Å². The summed E-state index contributed by atoms with van der Waals surface area (Å²) in [6.07, 6.45) is -4.38. The van der Waals surface area contributed by atoms with E-state index in [4.69, 9.17) is 11.6 Å². The van der Waals surface area contributed by atoms with Gasteiger partial charge in [0.15, 0.2) is 0 Å². The molecular formula is C18H15ClF5N3O3S. The maximum atomic E-state index is 14.3. The van der Waals surface area contributed by atoms with Crippen LogP contribution in [-0.4, -0.2) is 43.4 Å². The van der Waals surface area contributed by atoms with E-state index in [1.54, 1.807) is 0 Å². The van der Waals surface area contributed by atoms with Gasteiger partial charge >= 0.3 is 18.0 Å². The lowest BCUT2D eigenvalue weighted by Crippen LogP contribution is -2.42. The number of anilines is 1. The van der Waals surface area contributed by atoms with E-state index < -0.39 is 62.5 Å². The SMILES string of the molecule is CCN([C@H](c1ccc(Cl)cc1)C(F)(F)F)S(=O)(=O)c1cnc2c(c1)C(F)(F)C(=O)N2C. The second-order valence-electron chi connectivity index (χ2n) is 6.68. The highest BCUT2D eigenvalue weighted by atomic mass is 35.5. The molecule has 0 N–H and O–H groups in total. The third-order valence-electron chi connectivity index (χ3n) is 4.77. The zero-order chi connectivity index (χ0) is 23.4. The number of amides is 1. The maximum absolute atomic E-state index is 14.3. The monoisotopic (exact) mass is 483 g/mol. The van der Waals surface area contributed by atoms with Gasteiger partial charge in [-0.3, -0.25) is 9.69 Å². The molecule has 1 amide bonds. The summed E-state index contributed by atoms with van der Waals surface area (Å²) < 4.78 is 96.5. The van der Waals surface area contributed by atoms with Crippen LogP contribution < -0.4 is 4.90 Å². The number of carbonyl (C=O) groups excluding carboxylic acids is 1. The van der Waals surface area contributed by atoms with Crippen molar-refractivity contribution in [2.45, 2.75) is 30.0 Å². The smallest absolute Gasteiger partial charge is 0.294 e. The average Bonchev–Trinajstić information content (AvgIpc) is 2.86. The minimum absolute atomic E-state index is 0.137. The molecule has 0 unspecified atom stereocenters. The lowest BCUT2D eigenvalue weighted by Gasteiger charge is -2.31. The molecule has 0 fully saturated rings. The van der Waals surface area contributed by atoms with E-state index in [0.29, 0.717) is 17.2 Å². The molecule has 0 spiro atoms. The summed E-state index contributed by atoms with van der Waals surface area (Å²) in [4.78, 5) is 15.0. The second-order valence-corrected chi connectivity index (χ2v) is 9.01. The van der Waals surface area contributed by atoms with Gasteiger partial charge in [0.2, 0.25) is 10.0 Å². The summed E-state index contributed by atoms with van der Waals surface area (Å²) >= 11 is 5.71. The molecule has 13 heteroatoms. The first-order valence-electron chi connectivity index (χ1n) is 8.73. The number of nitrogens with zero attached hydrogens (tertiary/aromatic N) is 3. The molecule has 1 aliphatic heterocycles. The number of carbonyl (C=O) groups is 1. The zero-order valence-corrected chi connectivity index (χ0v) is 17.6. The van der Waals surface area contributed by atoms with Crippen LogP contribution in [0.25, 0.3) is 0 Å². The number of likely N-dealkylation sites (N-methyl/N-ethyl adjacent to an activating group) is 1. The van der Waals surface area contributed by atoms with Crippen molar-refractivity contribution in [2.24, 2.45) is 0 Å². The molecule has 168 valence electrons. The van der Waals surface area contributed by atoms with E-state index in [1.165, 1.54) is 19.1 Å². The molecule has 3 rings (SSSR count). The molecular weight excluding hydrogens is 469 g/mol. The predicted molar refractivity (Wildman–Crippen MR) is 101 cm³/mol. The summed E-state index contributed by atoms with van der Waals surface area (Å²) in [7, 11) is -3.91. The van der Waals surface area contributed by atoms with Crippen LogP contribution in [0.15, 0.2) is 41.4 Å². The van der Waals surface area contributed by atoms with E-state index >= 15 is 0 Å². The number of aromatic nitrogens is 1. The molecule has 1 atom stereocenters. The van der Waals surface area contributed by atoms with E-state index in [2.05, 4.69) is 4.98 Å². The topological polar surface area (TPSA) is 70.6 Å². The standard InChI is InChI=1S/C18H15ClF5N3O3S/c1-3-27(14(18(22,23)24)10-4-6-11(19)7-5-10)31(29,30)12-8-13-15(25-9-12)26(2)16(28)17(13,20)21/h4-9,14H,3H2,1-2H3/t14-/m1/s1. The lowest BCUT2D eigenvalue weighted by atomic mass is 10.1. The van der Waals surface area contributed by atoms with Gasteiger partial charge < -0.3 is 0 Å². The van der Waals surface area contributed by atoms with Crippen LogP contribution in [0.2, 0.25) is 5.02 Å². The van der Waals surface area contributed by atoms with Gasteiger partial charge in [0.1, 0.15) is 16.8 Å². The Kier molecular flexibility index (Phi) is 5.78. The van der Waals surface area contributed by atoms with E-state index in [0.717, 1.165) is 19.2 Å². The molecule has 1 aliphatic rings. The van der Waals surface area contributed by atoms with Crippen LogP contribution in [0.5, 0.6) is 0 Å². The average molecular weight is 484 g/mol. The molecule has 0 saturated heterocycles. The number of fused-ring (bicyclic) bond motifs is 1. The fraction of sp³-hybridized carbons (Fsp3) is 0.333. The molecule has 2 heterocycles. The Morgan fingerprint density at radius 1 is 1.23 bits per heavy atom. The predicted octanol–water partition coefficient (Wildman–Crippen LogP) is 4.12. The summed E-state index contributed by atoms with van der Waals surface area (Å²) in [5.41, 5.74) is -1.40. The molecule has 31 heavy (non-hydrogen) atoms. The minimum atomic E-state index is -5.03. The fourth-order valence-electron chi connectivity index (χ4n) is 3.29. The number of halogens is 6. The zero-order valence-electron chi connectivity index (χ0n) is 16.0. The highest BCUT2D eigenvalue weighted by molar-refractivity contribution is 7.89. The Bertz CT molecular complexity index is 1120. The first kappa shape index (κ1) is 23.4. The Labute approximate surface area is 179 Å². The van der Waals surface area contributed by atoms with Crippen molar-refractivity contribution < 1.29 is 35.2 Å². The number of hydrogen-bond donors (Lipinski definition) is 0. The van der Waals surface area contributed by atoms with E-state index in [1.807, 2.05) is 0 Å². The van der Waals surface area contributed by atoms with Gasteiger partial charge in [0.05, 0.1) is 5.56 Å². The van der Waals surface area contributed by atoms with Crippen molar-refractivity contribution >= 4 is 33.3 Å². The van der Waals surface area contributed by atoms with Gasteiger partial charge in [-0.25, -0.2) is 13.4 Å². The quantitative estimate of drug-likeness (QED) is 0.600. The maximum Gasteiger partial charge on any atom is 0.409 e. The first-order chi connectivity index (χ1) is 14.2. The van der Waals surface area contributed by atoms with Crippen LogP contribution in [0.3, 0.4) is 0 Å². The largest absolute Gasteiger partial charge is 0.409 e. The van der Waals surface area contributed by atoms with Crippen molar-refractivity contribution in [1.29, 1.82) is 0 Å². The van der Waals surface area contributed by atoms with Crippen LogP contribution in [-0.2, 0) is 20.7 Å². The van der Waals surface area contributed by atoms with Crippen LogP contribution >= 0.6 is 11.6 Å². The lowest BCUT2D eigenvalue weighted by molar-refractivity contribution is -0.173. The van der Waals surface area contributed by atoms with Crippen LogP contribution in [0.4, 0.5) is 27.8 Å².